The lowest BCUT2D eigenvalue weighted by Gasteiger charge is -2.31. The average molecular weight is 223 g/mol. The van der Waals surface area contributed by atoms with Crippen LogP contribution in [0.15, 0.2) is 10.5 Å². The van der Waals surface area contributed by atoms with E-state index >= 15 is 0 Å². The Morgan fingerprint density at radius 3 is 2.94 bits per heavy atom. The minimum absolute atomic E-state index is 0.368. The third-order valence-electron chi connectivity index (χ3n) is 3.45. The minimum Gasteiger partial charge on any atom is -0.465 e. The Kier molecular flexibility index (Phi) is 3.08. The third kappa shape index (κ3) is 1.89. The van der Waals surface area contributed by atoms with Gasteiger partial charge in [-0.25, -0.2) is 0 Å². The molecule has 3 N–H and O–H groups in total. The second kappa shape index (κ2) is 4.22. The van der Waals surface area contributed by atoms with Crippen LogP contribution in [0.3, 0.4) is 0 Å². The average Bonchev–Trinajstić information content (AvgIpc) is 2.63. The molecule has 1 aromatic rings. The molecule has 3 heteroatoms. The Morgan fingerprint density at radius 1 is 1.56 bits per heavy atom. The molecular formula is C13H21NO2. The molecule has 0 amide bonds. The molecule has 0 spiro atoms. The number of fused-ring (bicyclic) bond motifs is 1. The van der Waals surface area contributed by atoms with Crippen molar-refractivity contribution in [2.45, 2.75) is 51.0 Å². The first kappa shape index (κ1) is 11.7. The Hall–Kier alpha value is -0.800. The lowest BCUT2D eigenvalue weighted by molar-refractivity contribution is 0.0104. The molecule has 90 valence electrons. The summed E-state index contributed by atoms with van der Waals surface area (Å²) in [5.41, 5.74) is 5.81. The van der Waals surface area contributed by atoms with Crippen LogP contribution in [0.25, 0.3) is 0 Å². The number of aliphatic hydroxyl groups is 1. The van der Waals surface area contributed by atoms with Crippen LogP contribution in [-0.4, -0.2) is 11.7 Å². The van der Waals surface area contributed by atoms with E-state index in [0.29, 0.717) is 18.9 Å². The van der Waals surface area contributed by atoms with Crippen LogP contribution in [0.4, 0.5) is 0 Å². The van der Waals surface area contributed by atoms with E-state index in [2.05, 4.69) is 13.8 Å². The Bertz CT molecular complexity index is 370. The summed E-state index contributed by atoms with van der Waals surface area (Å²) in [7, 11) is 0. The summed E-state index contributed by atoms with van der Waals surface area (Å²) < 4.78 is 5.81. The zero-order chi connectivity index (χ0) is 11.8. The number of hydrogen-bond donors (Lipinski definition) is 2. The third-order valence-corrected chi connectivity index (χ3v) is 3.45. The zero-order valence-corrected chi connectivity index (χ0v) is 10.1. The van der Waals surface area contributed by atoms with E-state index in [0.717, 1.165) is 36.3 Å². The highest BCUT2D eigenvalue weighted by Crippen LogP contribution is 2.40. The molecule has 1 heterocycles. The van der Waals surface area contributed by atoms with Gasteiger partial charge in [0.05, 0.1) is 5.60 Å². The largest absolute Gasteiger partial charge is 0.465 e. The molecule has 0 aliphatic heterocycles. The summed E-state index contributed by atoms with van der Waals surface area (Å²) in [5, 5.41) is 10.6. The van der Waals surface area contributed by atoms with E-state index < -0.39 is 5.60 Å². The molecule has 0 radical (unpaired) electrons. The van der Waals surface area contributed by atoms with Gasteiger partial charge in [-0.05, 0) is 31.9 Å². The van der Waals surface area contributed by atoms with Gasteiger partial charge in [0.25, 0.3) is 0 Å². The predicted molar refractivity (Wildman–Crippen MR) is 63.3 cm³/mol. The quantitative estimate of drug-likeness (QED) is 0.826. The number of rotatable bonds is 3. The van der Waals surface area contributed by atoms with Crippen molar-refractivity contribution in [3.05, 3.63) is 23.2 Å². The minimum atomic E-state index is -0.751. The Balaban J connectivity index is 2.38. The highest BCUT2D eigenvalue weighted by atomic mass is 16.3. The van der Waals surface area contributed by atoms with Crippen LogP contribution >= 0.6 is 0 Å². The molecule has 16 heavy (non-hydrogen) atoms. The normalized spacial score (nSPS) is 24.8. The number of aryl methyl sites for hydroxylation is 1. The number of furan rings is 1. The smallest absolute Gasteiger partial charge is 0.110 e. The summed E-state index contributed by atoms with van der Waals surface area (Å²) in [5.74, 6) is 2.31. The fourth-order valence-electron chi connectivity index (χ4n) is 2.49. The van der Waals surface area contributed by atoms with Crippen molar-refractivity contribution in [1.29, 1.82) is 0 Å². The van der Waals surface area contributed by atoms with Crippen LogP contribution < -0.4 is 5.73 Å². The van der Waals surface area contributed by atoms with Crippen molar-refractivity contribution in [3.8, 4) is 0 Å². The molecule has 0 fully saturated rings. The highest BCUT2D eigenvalue weighted by molar-refractivity contribution is 5.31. The van der Waals surface area contributed by atoms with E-state index in [9.17, 15) is 5.11 Å². The zero-order valence-electron chi connectivity index (χ0n) is 10.1. The van der Waals surface area contributed by atoms with Crippen molar-refractivity contribution in [3.63, 3.8) is 0 Å². The Morgan fingerprint density at radius 2 is 2.31 bits per heavy atom. The molecule has 0 bridgehead atoms. The van der Waals surface area contributed by atoms with Crippen LogP contribution in [0.5, 0.6) is 0 Å². The first-order chi connectivity index (χ1) is 7.57. The van der Waals surface area contributed by atoms with Crippen molar-refractivity contribution in [1.82, 2.24) is 0 Å². The molecule has 1 aromatic heterocycles. The maximum absolute atomic E-state index is 10.6. The maximum Gasteiger partial charge on any atom is 0.110 e. The summed E-state index contributed by atoms with van der Waals surface area (Å²) in [6.45, 7) is 4.72. The van der Waals surface area contributed by atoms with Crippen LogP contribution in [-0.2, 0) is 12.0 Å². The van der Waals surface area contributed by atoms with Crippen molar-refractivity contribution < 1.29 is 9.52 Å². The van der Waals surface area contributed by atoms with Gasteiger partial charge in [0.2, 0.25) is 0 Å². The summed E-state index contributed by atoms with van der Waals surface area (Å²) in [6.07, 6.45) is 3.34. The van der Waals surface area contributed by atoms with Gasteiger partial charge in [0.15, 0.2) is 0 Å². The topological polar surface area (TPSA) is 59.4 Å². The van der Waals surface area contributed by atoms with E-state index in [1.807, 2.05) is 6.07 Å². The van der Waals surface area contributed by atoms with E-state index in [-0.39, 0.29) is 0 Å². The second-order valence-corrected chi connectivity index (χ2v) is 5.06. The maximum atomic E-state index is 10.6. The standard InChI is InChI=1S/C13H21NO2/c1-9(2)12-8-10-11(16-12)4-3-5-13(10,15)6-7-14/h8-9,15H,3-7,14H2,1-2H3. The lowest BCUT2D eigenvalue weighted by Crippen LogP contribution is -2.32. The van der Waals surface area contributed by atoms with E-state index in [1.165, 1.54) is 0 Å². The monoisotopic (exact) mass is 223 g/mol. The van der Waals surface area contributed by atoms with Crippen molar-refractivity contribution >= 4 is 0 Å². The molecular weight excluding hydrogens is 202 g/mol. The molecule has 3 nitrogen and oxygen atoms in total. The van der Waals surface area contributed by atoms with Gasteiger partial charge in [-0.2, -0.15) is 0 Å². The van der Waals surface area contributed by atoms with Gasteiger partial charge in [-0.3, -0.25) is 0 Å². The van der Waals surface area contributed by atoms with E-state index in [4.69, 9.17) is 10.2 Å². The first-order valence-corrected chi connectivity index (χ1v) is 6.12. The SMILES string of the molecule is CC(C)c1cc2c(o1)CCCC2(O)CCN. The fourth-order valence-corrected chi connectivity index (χ4v) is 2.49. The number of nitrogens with two attached hydrogens (primary N) is 1. The fraction of sp³-hybridized carbons (Fsp3) is 0.692. The van der Waals surface area contributed by atoms with Gasteiger partial charge in [0.1, 0.15) is 11.5 Å². The van der Waals surface area contributed by atoms with Gasteiger partial charge in [-0.15, -0.1) is 0 Å². The van der Waals surface area contributed by atoms with Crippen molar-refractivity contribution in [2.24, 2.45) is 5.73 Å². The van der Waals surface area contributed by atoms with Gasteiger partial charge < -0.3 is 15.3 Å². The molecule has 1 atom stereocenters. The number of hydrogen-bond acceptors (Lipinski definition) is 3. The Labute approximate surface area is 96.6 Å². The van der Waals surface area contributed by atoms with E-state index in [1.54, 1.807) is 0 Å². The van der Waals surface area contributed by atoms with Crippen LogP contribution in [0.1, 0.15) is 56.1 Å². The predicted octanol–water partition coefficient (Wildman–Crippen LogP) is 2.28. The molecule has 0 saturated carbocycles. The molecule has 1 aliphatic carbocycles. The molecule has 0 saturated heterocycles. The van der Waals surface area contributed by atoms with Gasteiger partial charge in [0, 0.05) is 17.9 Å². The van der Waals surface area contributed by atoms with Crippen molar-refractivity contribution in [2.75, 3.05) is 6.54 Å². The molecule has 2 rings (SSSR count). The summed E-state index contributed by atoms with van der Waals surface area (Å²) in [6, 6.07) is 2.02. The second-order valence-electron chi connectivity index (χ2n) is 5.06. The lowest BCUT2D eigenvalue weighted by atomic mass is 9.80. The highest BCUT2D eigenvalue weighted by Gasteiger charge is 2.36. The van der Waals surface area contributed by atoms with Crippen LogP contribution in [0, 0.1) is 0 Å². The van der Waals surface area contributed by atoms with Gasteiger partial charge in [-0.1, -0.05) is 13.8 Å². The molecule has 1 aliphatic rings. The summed E-state index contributed by atoms with van der Waals surface area (Å²) >= 11 is 0. The molecule has 1 unspecified atom stereocenters. The first-order valence-electron chi connectivity index (χ1n) is 6.12. The van der Waals surface area contributed by atoms with Gasteiger partial charge >= 0.3 is 0 Å². The molecule has 0 aromatic carbocycles. The van der Waals surface area contributed by atoms with Crippen LogP contribution in [0.2, 0.25) is 0 Å². The summed E-state index contributed by atoms with van der Waals surface area (Å²) in [4.78, 5) is 0.